The number of rotatable bonds is 1. The SMILES string of the molecule is BN(C)C.CNB(C)C. The highest BCUT2D eigenvalue weighted by molar-refractivity contribution is 6.52. The summed E-state index contributed by atoms with van der Waals surface area (Å²) < 4.78 is 0. The van der Waals surface area contributed by atoms with Gasteiger partial charge in [-0.1, -0.05) is 13.6 Å². The van der Waals surface area contributed by atoms with E-state index in [0.29, 0.717) is 6.85 Å². The Morgan fingerprint density at radius 3 is 1.44 bits per heavy atom. The molecule has 0 amide bonds. The molecule has 4 heteroatoms. The number of nitrogens with zero attached hydrogens (tertiary/aromatic N) is 1. The summed E-state index contributed by atoms with van der Waals surface area (Å²) in [7, 11) is 7.95. The molecule has 0 saturated carbocycles. The molecule has 1 N–H and O–H groups in total. The molecule has 0 aromatic carbocycles. The van der Waals surface area contributed by atoms with Gasteiger partial charge in [0, 0.05) is 0 Å². The molecule has 0 saturated heterocycles. The Balaban J connectivity index is 0. The van der Waals surface area contributed by atoms with Crippen molar-refractivity contribution < 1.29 is 0 Å². The van der Waals surface area contributed by atoms with Crippen LogP contribution in [-0.4, -0.2) is 40.8 Å². The van der Waals surface area contributed by atoms with Crippen LogP contribution in [0.25, 0.3) is 0 Å². The average Bonchev–Trinajstić information content (AvgIpc) is 1.65. The summed E-state index contributed by atoms with van der Waals surface area (Å²) in [5.74, 6) is 0. The molecule has 0 bridgehead atoms. The topological polar surface area (TPSA) is 15.3 Å². The average molecular weight is 128 g/mol. The van der Waals surface area contributed by atoms with Crippen molar-refractivity contribution >= 4 is 14.8 Å². The van der Waals surface area contributed by atoms with E-state index in [-0.39, 0.29) is 0 Å². The van der Waals surface area contributed by atoms with Crippen molar-refractivity contribution in [1.29, 1.82) is 0 Å². The Labute approximate surface area is 60.5 Å². The molecule has 0 atom stereocenters. The van der Waals surface area contributed by atoms with Gasteiger partial charge in [-0.15, -0.1) is 0 Å². The molecule has 0 rings (SSSR count). The maximum absolute atomic E-state index is 3.03. The summed E-state index contributed by atoms with van der Waals surface area (Å²) in [6.07, 6.45) is 0. The maximum Gasteiger partial charge on any atom is 0.213 e. The highest BCUT2D eigenvalue weighted by Gasteiger charge is 1.85. The van der Waals surface area contributed by atoms with Crippen LogP contribution in [-0.2, 0) is 0 Å². The van der Waals surface area contributed by atoms with Crippen LogP contribution in [0.2, 0.25) is 13.6 Å². The summed E-state index contributed by atoms with van der Waals surface area (Å²) in [6.45, 7) is 4.86. The van der Waals surface area contributed by atoms with Crippen LogP contribution < -0.4 is 5.23 Å². The molecule has 0 aliphatic rings. The van der Waals surface area contributed by atoms with E-state index in [1.807, 2.05) is 33.9 Å². The van der Waals surface area contributed by atoms with Gasteiger partial charge in [0.15, 0.2) is 7.98 Å². The zero-order valence-corrected chi connectivity index (χ0v) is 7.52. The van der Waals surface area contributed by atoms with E-state index in [1.165, 1.54) is 0 Å². The molecule has 54 valence electrons. The minimum atomic E-state index is 0.634. The second kappa shape index (κ2) is 8.05. The fourth-order valence-electron chi connectivity index (χ4n) is 0. The molecule has 0 heterocycles. The molecule has 0 spiro atoms. The predicted octanol–water partition coefficient (Wildman–Crippen LogP) is -0.447. The third-order valence-electron chi connectivity index (χ3n) is 0.577. The molecule has 0 radical (unpaired) electrons. The summed E-state index contributed by atoms with van der Waals surface area (Å²) >= 11 is 0. The lowest BCUT2D eigenvalue weighted by molar-refractivity contribution is 0.679. The zero-order valence-electron chi connectivity index (χ0n) is 7.52. The molecule has 0 unspecified atom stereocenters. The van der Waals surface area contributed by atoms with Gasteiger partial charge in [0.05, 0.1) is 0 Å². The quantitative estimate of drug-likeness (QED) is 0.481. The van der Waals surface area contributed by atoms with Gasteiger partial charge in [-0.05, 0) is 21.1 Å². The van der Waals surface area contributed by atoms with Crippen molar-refractivity contribution in [3.8, 4) is 0 Å². The van der Waals surface area contributed by atoms with Crippen molar-refractivity contribution in [2.24, 2.45) is 0 Å². The third kappa shape index (κ3) is 70.1. The molecule has 9 heavy (non-hydrogen) atoms. The second-order valence-electron chi connectivity index (χ2n) is 2.79. The fourth-order valence-corrected chi connectivity index (χ4v) is 0. The van der Waals surface area contributed by atoms with E-state index in [0.717, 1.165) is 0 Å². The van der Waals surface area contributed by atoms with Crippen LogP contribution in [0.4, 0.5) is 0 Å². The van der Waals surface area contributed by atoms with Gasteiger partial charge >= 0.3 is 0 Å². The molecule has 0 aliphatic carbocycles. The Bertz CT molecular complexity index is 45.5. The smallest absolute Gasteiger partial charge is 0.213 e. The van der Waals surface area contributed by atoms with E-state index in [1.54, 1.807) is 0 Å². The van der Waals surface area contributed by atoms with Crippen LogP contribution in [0.1, 0.15) is 0 Å². The first-order valence-electron chi connectivity index (χ1n) is 3.29. The summed E-state index contributed by atoms with van der Waals surface area (Å²) in [5.41, 5.74) is 0. The number of nitrogens with one attached hydrogen (secondary N) is 1. The molecule has 2 nitrogen and oxygen atoms in total. The van der Waals surface area contributed by atoms with Crippen LogP contribution in [0.5, 0.6) is 0 Å². The molecular formula is C5H18B2N2. The lowest BCUT2D eigenvalue weighted by Gasteiger charge is -1.90. The van der Waals surface area contributed by atoms with Gasteiger partial charge in [-0.25, -0.2) is 0 Å². The Hall–Kier alpha value is 0.0499. The minimum absolute atomic E-state index is 0.634. The van der Waals surface area contributed by atoms with Gasteiger partial charge in [0.2, 0.25) is 6.85 Å². The Kier molecular flexibility index (Phi) is 10.6. The standard InChI is InChI=1S/C3H10BN.C2H8BN/c1-4(2)5-3;1-4(2)3/h5H,1-3H3;3H2,1-2H3. The van der Waals surface area contributed by atoms with Crippen molar-refractivity contribution in [1.82, 2.24) is 10.0 Å². The van der Waals surface area contributed by atoms with Crippen molar-refractivity contribution in [2.45, 2.75) is 13.6 Å². The zero-order chi connectivity index (χ0) is 7.86. The predicted molar refractivity (Wildman–Crippen MR) is 48.8 cm³/mol. The second-order valence-corrected chi connectivity index (χ2v) is 2.79. The van der Waals surface area contributed by atoms with E-state index in [4.69, 9.17) is 0 Å². The van der Waals surface area contributed by atoms with Gasteiger partial charge in [0.25, 0.3) is 0 Å². The lowest BCUT2D eigenvalue weighted by Crippen LogP contribution is -2.21. The van der Waals surface area contributed by atoms with Crippen LogP contribution in [0.3, 0.4) is 0 Å². The van der Waals surface area contributed by atoms with Gasteiger partial charge in [0.1, 0.15) is 0 Å². The first-order chi connectivity index (χ1) is 4.00. The monoisotopic (exact) mass is 128 g/mol. The largest absolute Gasteiger partial charge is 0.359 e. The first kappa shape index (κ1) is 11.8. The summed E-state index contributed by atoms with van der Waals surface area (Å²) in [4.78, 5) is 2.00. The van der Waals surface area contributed by atoms with Crippen LogP contribution >= 0.6 is 0 Å². The van der Waals surface area contributed by atoms with Crippen LogP contribution in [0, 0.1) is 0 Å². The highest BCUT2D eigenvalue weighted by Crippen LogP contribution is 1.62. The first-order valence-corrected chi connectivity index (χ1v) is 3.29. The van der Waals surface area contributed by atoms with Crippen molar-refractivity contribution in [2.75, 3.05) is 21.1 Å². The lowest BCUT2D eigenvalue weighted by atomic mass is 9.69. The van der Waals surface area contributed by atoms with E-state index < -0.39 is 0 Å². The summed E-state index contributed by atoms with van der Waals surface area (Å²) in [6, 6.07) is 0. The van der Waals surface area contributed by atoms with Gasteiger partial charge in [-0.2, -0.15) is 0 Å². The number of hydrogen-bond acceptors (Lipinski definition) is 2. The van der Waals surface area contributed by atoms with E-state index >= 15 is 0 Å². The maximum atomic E-state index is 3.03. The molecule has 0 aromatic heterocycles. The fraction of sp³-hybridized carbons (Fsp3) is 1.00. The molecule has 0 fully saturated rings. The van der Waals surface area contributed by atoms with Crippen molar-refractivity contribution in [3.05, 3.63) is 0 Å². The summed E-state index contributed by atoms with van der Waals surface area (Å²) in [5, 5.41) is 3.03. The Morgan fingerprint density at radius 1 is 1.33 bits per heavy atom. The van der Waals surface area contributed by atoms with Gasteiger partial charge in [-0.3, -0.25) is 0 Å². The van der Waals surface area contributed by atoms with E-state index in [9.17, 15) is 0 Å². The molecular weight excluding hydrogens is 110 g/mol. The normalized spacial score (nSPS) is 8.22. The number of hydrogen-bond donors (Lipinski definition) is 1. The minimum Gasteiger partial charge on any atom is -0.359 e. The molecule has 0 aromatic rings. The highest BCUT2D eigenvalue weighted by atomic mass is 14.9. The third-order valence-corrected chi connectivity index (χ3v) is 0.577. The van der Waals surface area contributed by atoms with Crippen molar-refractivity contribution in [3.63, 3.8) is 0 Å². The Morgan fingerprint density at radius 2 is 1.44 bits per heavy atom. The van der Waals surface area contributed by atoms with E-state index in [2.05, 4.69) is 18.9 Å². The van der Waals surface area contributed by atoms with Gasteiger partial charge < -0.3 is 10.0 Å². The van der Waals surface area contributed by atoms with Crippen LogP contribution in [0.15, 0.2) is 0 Å². The molecule has 0 aliphatic heterocycles.